The van der Waals surface area contributed by atoms with Crippen LogP contribution in [0.25, 0.3) is 6.08 Å². The van der Waals surface area contributed by atoms with Crippen LogP contribution in [0.4, 0.5) is 0 Å². The number of fused-ring (bicyclic) bond motifs is 7. The number of hydrogen-bond acceptors (Lipinski definition) is 25. The first kappa shape index (κ1) is 70.8. The van der Waals surface area contributed by atoms with Crippen LogP contribution in [-0.4, -0.2) is 246 Å². The van der Waals surface area contributed by atoms with Gasteiger partial charge in [0.2, 0.25) is 0 Å². The van der Waals surface area contributed by atoms with Gasteiger partial charge in [-0.2, -0.15) is 0 Å². The van der Waals surface area contributed by atoms with E-state index in [2.05, 4.69) is 26.8 Å². The van der Waals surface area contributed by atoms with Crippen LogP contribution in [0.15, 0.2) is 59.7 Å². The number of carboxylic acid groups (broad SMARTS) is 1. The van der Waals surface area contributed by atoms with E-state index < -0.39 is 218 Å². The Bertz CT molecular complexity index is 2880. The van der Waals surface area contributed by atoms with Gasteiger partial charge in [0.1, 0.15) is 85.5 Å². The number of carboxylic acids is 1. The second kappa shape index (κ2) is 26.8. The molecule has 516 valence electrons. The fourth-order valence-corrected chi connectivity index (χ4v) is 17.8. The molecule has 0 amide bonds. The predicted octanol–water partition coefficient (Wildman–Crippen LogP) is 0.502. The quantitative estimate of drug-likeness (QED) is 0.0464. The van der Waals surface area contributed by atoms with Crippen molar-refractivity contribution in [2.24, 2.45) is 50.2 Å². The fourth-order valence-electron chi connectivity index (χ4n) is 17.8. The summed E-state index contributed by atoms with van der Waals surface area (Å²) in [4.78, 5) is 41.1. The lowest BCUT2D eigenvalue weighted by atomic mass is 9.33. The number of carbonyl (C=O) groups excluding carboxylic acids is 2. The minimum Gasteiger partial charge on any atom is -0.479 e. The summed E-state index contributed by atoms with van der Waals surface area (Å²) >= 11 is 0. The van der Waals surface area contributed by atoms with Crippen LogP contribution < -0.4 is 0 Å². The highest BCUT2D eigenvalue weighted by atomic mass is 16.8. The number of rotatable bonds is 16. The van der Waals surface area contributed by atoms with Crippen molar-refractivity contribution >= 4 is 24.0 Å². The average molecular weight is 1310 g/mol. The number of carbonyl (C=O) groups is 3. The van der Waals surface area contributed by atoms with Crippen molar-refractivity contribution in [2.75, 3.05) is 26.4 Å². The predicted molar refractivity (Wildman–Crippen MR) is 318 cm³/mol. The third-order valence-corrected chi connectivity index (χ3v) is 23.4. The molecular formula is C66H96O26. The number of esters is 2. The summed E-state index contributed by atoms with van der Waals surface area (Å²) in [6, 6.07) is 9.18. The summed E-state index contributed by atoms with van der Waals surface area (Å²) in [5, 5.41) is 145. The molecule has 1 aromatic carbocycles. The van der Waals surface area contributed by atoms with Crippen molar-refractivity contribution < 1.29 is 128 Å². The number of hydrogen-bond donors (Lipinski definition) is 13. The van der Waals surface area contributed by atoms with Crippen molar-refractivity contribution in [1.29, 1.82) is 0 Å². The summed E-state index contributed by atoms with van der Waals surface area (Å²) < 4.78 is 61.6. The molecule has 0 spiro atoms. The van der Waals surface area contributed by atoms with E-state index in [1.54, 1.807) is 26.0 Å². The number of ether oxygens (including phenoxy) is 10. The third-order valence-electron chi connectivity index (χ3n) is 23.4. The van der Waals surface area contributed by atoms with Gasteiger partial charge in [-0.3, -0.25) is 0 Å². The zero-order valence-corrected chi connectivity index (χ0v) is 53.5. The van der Waals surface area contributed by atoms with Gasteiger partial charge in [-0.1, -0.05) is 96.5 Å². The molecule has 4 saturated heterocycles. The van der Waals surface area contributed by atoms with Gasteiger partial charge in [-0.15, -0.1) is 0 Å². The first-order valence-electron chi connectivity index (χ1n) is 32.2. The van der Waals surface area contributed by atoms with E-state index in [-0.39, 0.29) is 18.3 Å². The van der Waals surface area contributed by atoms with Crippen LogP contribution in [0, 0.1) is 50.2 Å². The second-order valence-corrected chi connectivity index (χ2v) is 29.2. The van der Waals surface area contributed by atoms with Crippen LogP contribution >= 0.6 is 0 Å². The third kappa shape index (κ3) is 12.2. The summed E-state index contributed by atoms with van der Waals surface area (Å²) in [5.41, 5.74) is -2.73. The molecule has 92 heavy (non-hydrogen) atoms. The van der Waals surface area contributed by atoms with Gasteiger partial charge in [0, 0.05) is 17.1 Å². The lowest BCUT2D eigenvalue weighted by Crippen LogP contribution is -2.72. The molecule has 4 heterocycles. The van der Waals surface area contributed by atoms with E-state index in [0.717, 1.165) is 11.1 Å². The Labute approximate surface area is 534 Å². The molecule has 0 bridgehead atoms. The fraction of sp³-hybridized carbons (Fsp3) is 0.773. The zero-order chi connectivity index (χ0) is 67.1. The minimum atomic E-state index is -2.22. The molecule has 0 aromatic heterocycles. The number of aliphatic carboxylic acids is 1. The molecule has 1 unspecified atom stereocenters. The monoisotopic (exact) mass is 1300 g/mol. The van der Waals surface area contributed by atoms with E-state index in [4.69, 9.17) is 47.4 Å². The Morgan fingerprint density at radius 2 is 1.29 bits per heavy atom. The first-order chi connectivity index (χ1) is 43.3. The van der Waals surface area contributed by atoms with Gasteiger partial charge in [-0.05, 0) is 110 Å². The molecule has 9 aliphatic rings. The molecule has 8 fully saturated rings. The highest BCUT2D eigenvalue weighted by molar-refractivity contribution is 5.88. The molecular weight excluding hydrogens is 1210 g/mol. The maximum absolute atomic E-state index is 14.1. The van der Waals surface area contributed by atoms with Crippen LogP contribution in [-0.2, 0) is 61.8 Å². The van der Waals surface area contributed by atoms with Gasteiger partial charge >= 0.3 is 17.9 Å². The molecule has 26 nitrogen and oxygen atoms in total. The van der Waals surface area contributed by atoms with Gasteiger partial charge in [-0.25, -0.2) is 14.4 Å². The highest BCUT2D eigenvalue weighted by Gasteiger charge is 2.74. The summed E-state index contributed by atoms with van der Waals surface area (Å²) in [7, 11) is 0. The molecule has 4 saturated carbocycles. The van der Waals surface area contributed by atoms with E-state index in [9.17, 15) is 80.8 Å². The van der Waals surface area contributed by atoms with Crippen LogP contribution in [0.5, 0.6) is 0 Å². The standard InChI is InChI=1S/C66H96O26/c1-10-30(2)56(82)92-53-54(87-41(72)19-16-31-14-12-11-13-15-31)66(29-68)33(24-61(53,3)4)32-17-18-38-63(7)22-21-40(62(5,6)37(63)20-23-64(38,8)65(32,9)25-39(66)71)86-60-52(91-58-47(78)45(76)44(75)36(26-67)85-58)49(48(79)50(89-60)55(80)81)88-59-51(43(74)35(70)28-84-59)90-57-46(77)42(73)34(69)27-83-57/h10-17,19,33-40,42-54,57-60,67-71,73-79H,18,20-29H2,1-9H3,(H,80,81)/t33?,34-,35+,36-,37+,38-,39-,40+,42+,43+,44+,45+,46-,47-,48+,49+,50+,51-,52-,53+,54+,57+,58+,59+,60-,63+,64-,65-,66+/m1/s1. The van der Waals surface area contributed by atoms with Crippen LogP contribution in [0.2, 0.25) is 0 Å². The Balaban J connectivity index is 0.964. The normalized spacial score (nSPS) is 47.6. The van der Waals surface area contributed by atoms with Gasteiger partial charge in [0.25, 0.3) is 0 Å². The topological polar surface area (TPSA) is 407 Å². The molecule has 0 radical (unpaired) electrons. The van der Waals surface area contributed by atoms with Gasteiger partial charge in [0.05, 0.1) is 44.1 Å². The van der Waals surface area contributed by atoms with Crippen molar-refractivity contribution in [3.8, 4) is 0 Å². The van der Waals surface area contributed by atoms with Crippen molar-refractivity contribution in [3.05, 3.63) is 65.3 Å². The van der Waals surface area contributed by atoms with E-state index in [1.807, 2.05) is 58.0 Å². The second-order valence-electron chi connectivity index (χ2n) is 29.2. The van der Waals surface area contributed by atoms with Crippen molar-refractivity contribution in [2.45, 2.75) is 242 Å². The Hall–Kier alpha value is -3.95. The van der Waals surface area contributed by atoms with Crippen LogP contribution in [0.3, 0.4) is 0 Å². The maximum Gasteiger partial charge on any atom is 0.335 e. The van der Waals surface area contributed by atoms with E-state index in [1.165, 1.54) is 6.08 Å². The van der Waals surface area contributed by atoms with E-state index >= 15 is 0 Å². The zero-order valence-electron chi connectivity index (χ0n) is 53.5. The number of aliphatic hydroxyl groups excluding tert-OH is 12. The first-order valence-corrected chi connectivity index (χ1v) is 32.2. The lowest BCUT2D eigenvalue weighted by molar-refractivity contribution is -0.399. The van der Waals surface area contributed by atoms with E-state index in [0.29, 0.717) is 44.1 Å². The average Bonchev–Trinajstić information content (AvgIpc) is 0.670. The highest BCUT2D eigenvalue weighted by Crippen LogP contribution is 2.76. The van der Waals surface area contributed by atoms with Crippen LogP contribution in [0.1, 0.15) is 113 Å². The SMILES string of the molecule is CC=C(C)C(=O)O[C@H]1[C@H](OC(=O)C=Cc2ccccc2)[C@@]2(CO)C(CC1(C)C)C1=CC[C@@H]3[C@@]4(C)CC[C@H](O[C@@H]5O[C@H](C(=O)O)[C@@H](O)[C@H](O[C@@H]6OC[C@H](O)[C@H](O)[C@H]6O[C@@H]6OC[C@@H](O)[C@H](O)[C@H]6O)[C@H]5O[C@@H]5O[C@H](CO)[C@H](O)[C@H](O)[C@H]5O)C(C)(C)[C@@H]4CC[C@@]3(C)[C@]1(C)C[C@H]2O. The lowest BCUT2D eigenvalue weighted by Gasteiger charge is -2.72. The number of allylic oxidation sites excluding steroid dienone is 3. The Morgan fingerprint density at radius 3 is 1.95 bits per heavy atom. The summed E-state index contributed by atoms with van der Waals surface area (Å²) in [5.74, 6) is -3.76. The molecule has 4 aliphatic heterocycles. The van der Waals surface area contributed by atoms with Gasteiger partial charge < -0.3 is 114 Å². The molecule has 10 rings (SSSR count). The minimum absolute atomic E-state index is 0.0343. The number of benzene rings is 1. The number of aliphatic hydroxyl groups is 12. The van der Waals surface area contributed by atoms with Crippen molar-refractivity contribution in [3.63, 3.8) is 0 Å². The van der Waals surface area contributed by atoms with Gasteiger partial charge in [0.15, 0.2) is 37.4 Å². The summed E-state index contributed by atoms with van der Waals surface area (Å²) in [6.45, 7) is 15.4. The molecule has 29 atom stereocenters. The molecule has 13 N–H and O–H groups in total. The Morgan fingerprint density at radius 1 is 0.652 bits per heavy atom. The molecule has 1 aromatic rings. The maximum atomic E-state index is 14.1. The molecule has 26 heteroatoms. The summed E-state index contributed by atoms with van der Waals surface area (Å²) in [6.07, 6.45) is -28.2. The van der Waals surface area contributed by atoms with Crippen molar-refractivity contribution in [1.82, 2.24) is 0 Å². The largest absolute Gasteiger partial charge is 0.479 e. The smallest absolute Gasteiger partial charge is 0.335 e. The molecule has 5 aliphatic carbocycles. The Kier molecular flexibility index (Phi) is 20.6.